The third-order valence-electron chi connectivity index (χ3n) is 3.64. The van der Waals surface area contributed by atoms with Gasteiger partial charge in [-0.05, 0) is 42.7 Å². The van der Waals surface area contributed by atoms with Crippen molar-refractivity contribution in [3.05, 3.63) is 59.2 Å². The minimum Gasteiger partial charge on any atom is -0.382 e. The molecule has 0 amide bonds. The summed E-state index contributed by atoms with van der Waals surface area (Å²) in [4.78, 5) is 0. The van der Waals surface area contributed by atoms with E-state index in [9.17, 15) is 0 Å². The lowest BCUT2D eigenvalue weighted by atomic mass is 10.0. The molecule has 0 aliphatic rings. The Bertz CT molecular complexity index is 721. The van der Waals surface area contributed by atoms with Crippen LogP contribution in [0.3, 0.4) is 0 Å². The minimum absolute atomic E-state index is 0.599. The van der Waals surface area contributed by atoms with E-state index in [0.29, 0.717) is 5.82 Å². The van der Waals surface area contributed by atoms with Crippen LogP contribution in [0.2, 0.25) is 0 Å². The summed E-state index contributed by atoms with van der Waals surface area (Å²) in [5.41, 5.74) is 11.0. The number of nitrogen functional groups attached to an aromatic ring is 1. The predicted octanol–water partition coefficient (Wildman–Crippen LogP) is 3.28. The molecule has 0 atom stereocenters. The molecule has 0 saturated heterocycles. The number of aryl methyl sites for hydroxylation is 2. The van der Waals surface area contributed by atoms with Gasteiger partial charge in [0, 0.05) is 5.39 Å². The number of benzene rings is 2. The van der Waals surface area contributed by atoms with E-state index in [2.05, 4.69) is 43.2 Å². The van der Waals surface area contributed by atoms with Gasteiger partial charge in [-0.3, -0.25) is 4.68 Å². The summed E-state index contributed by atoms with van der Waals surface area (Å²) in [5, 5.41) is 5.48. The summed E-state index contributed by atoms with van der Waals surface area (Å²) in [7, 11) is 0. The lowest BCUT2D eigenvalue weighted by Gasteiger charge is -2.10. The molecule has 3 aromatic rings. The molecule has 2 N–H and O–H groups in total. The molecule has 3 rings (SSSR count). The fraction of sp³-hybridized carbons (Fsp3) is 0.188. The molecule has 96 valence electrons. The summed E-state index contributed by atoms with van der Waals surface area (Å²) in [6.07, 6.45) is 0. The summed E-state index contributed by atoms with van der Waals surface area (Å²) >= 11 is 0. The number of hydrogen-bond donors (Lipinski definition) is 1. The van der Waals surface area contributed by atoms with Crippen LogP contribution < -0.4 is 5.73 Å². The van der Waals surface area contributed by atoms with Gasteiger partial charge < -0.3 is 5.73 Å². The molecular formula is C16H17N3. The van der Waals surface area contributed by atoms with Gasteiger partial charge in [0.2, 0.25) is 0 Å². The normalized spacial score (nSPS) is 11.1. The smallest absolute Gasteiger partial charge is 0.153 e. The monoisotopic (exact) mass is 251 g/mol. The SMILES string of the molecule is Cc1cccc(C)c1Cn1nc(N)c2ccccc21. The maximum Gasteiger partial charge on any atom is 0.153 e. The van der Waals surface area contributed by atoms with Crippen molar-refractivity contribution in [2.75, 3.05) is 5.73 Å². The highest BCUT2D eigenvalue weighted by molar-refractivity contribution is 5.89. The molecule has 0 unspecified atom stereocenters. The number of anilines is 1. The Morgan fingerprint density at radius 2 is 1.68 bits per heavy atom. The summed E-state index contributed by atoms with van der Waals surface area (Å²) in [5.74, 6) is 0.599. The topological polar surface area (TPSA) is 43.8 Å². The number of aromatic nitrogens is 2. The number of rotatable bonds is 2. The Balaban J connectivity index is 2.11. The van der Waals surface area contributed by atoms with Crippen molar-refractivity contribution in [1.29, 1.82) is 0 Å². The maximum atomic E-state index is 5.97. The fourth-order valence-corrected chi connectivity index (χ4v) is 2.52. The van der Waals surface area contributed by atoms with E-state index < -0.39 is 0 Å². The number of nitrogens with two attached hydrogens (primary N) is 1. The van der Waals surface area contributed by atoms with Gasteiger partial charge in [-0.25, -0.2) is 0 Å². The molecule has 19 heavy (non-hydrogen) atoms. The molecule has 3 nitrogen and oxygen atoms in total. The Hall–Kier alpha value is -2.29. The van der Waals surface area contributed by atoms with E-state index in [1.165, 1.54) is 16.7 Å². The molecule has 0 fully saturated rings. The first-order chi connectivity index (χ1) is 9.16. The molecule has 0 aliphatic heterocycles. The Kier molecular flexibility index (Phi) is 2.75. The molecule has 1 aromatic heterocycles. The lowest BCUT2D eigenvalue weighted by molar-refractivity contribution is 0.709. The van der Waals surface area contributed by atoms with Crippen LogP contribution in [0.25, 0.3) is 10.9 Å². The van der Waals surface area contributed by atoms with Crippen LogP contribution in [0, 0.1) is 13.8 Å². The second-order valence-corrected chi connectivity index (χ2v) is 4.93. The van der Waals surface area contributed by atoms with E-state index in [0.717, 1.165) is 17.4 Å². The van der Waals surface area contributed by atoms with E-state index in [1.54, 1.807) is 0 Å². The standard InChI is InChI=1S/C16H17N3/c1-11-6-5-7-12(2)14(11)10-19-15-9-4-3-8-13(15)16(17)18-19/h3-9H,10H2,1-2H3,(H2,17,18). The zero-order valence-corrected chi connectivity index (χ0v) is 11.2. The predicted molar refractivity (Wildman–Crippen MR) is 79.2 cm³/mol. The van der Waals surface area contributed by atoms with Crippen LogP contribution in [0.15, 0.2) is 42.5 Å². The fourth-order valence-electron chi connectivity index (χ4n) is 2.52. The molecule has 0 radical (unpaired) electrons. The van der Waals surface area contributed by atoms with Gasteiger partial charge >= 0.3 is 0 Å². The first-order valence-electron chi connectivity index (χ1n) is 6.43. The Labute approximate surface area is 112 Å². The van der Waals surface area contributed by atoms with Gasteiger partial charge in [0.05, 0.1) is 12.1 Å². The second-order valence-electron chi connectivity index (χ2n) is 4.93. The molecule has 0 bridgehead atoms. The van der Waals surface area contributed by atoms with E-state index in [1.807, 2.05) is 22.9 Å². The van der Waals surface area contributed by atoms with Crippen molar-refractivity contribution in [1.82, 2.24) is 9.78 Å². The quantitative estimate of drug-likeness (QED) is 0.759. The first kappa shape index (κ1) is 11.8. The van der Waals surface area contributed by atoms with Crippen LogP contribution in [0.5, 0.6) is 0 Å². The van der Waals surface area contributed by atoms with Crippen molar-refractivity contribution < 1.29 is 0 Å². The van der Waals surface area contributed by atoms with Crippen LogP contribution in [-0.2, 0) is 6.54 Å². The lowest BCUT2D eigenvalue weighted by Crippen LogP contribution is -2.05. The third kappa shape index (κ3) is 1.97. The third-order valence-corrected chi connectivity index (χ3v) is 3.64. The Morgan fingerprint density at radius 3 is 2.42 bits per heavy atom. The summed E-state index contributed by atoms with van der Waals surface area (Å²) in [6.45, 7) is 5.03. The van der Waals surface area contributed by atoms with Crippen LogP contribution in [-0.4, -0.2) is 9.78 Å². The summed E-state index contributed by atoms with van der Waals surface area (Å²) in [6, 6.07) is 14.4. The minimum atomic E-state index is 0.599. The largest absolute Gasteiger partial charge is 0.382 e. The van der Waals surface area contributed by atoms with Gasteiger partial charge in [-0.2, -0.15) is 5.10 Å². The highest BCUT2D eigenvalue weighted by Crippen LogP contribution is 2.22. The zero-order valence-electron chi connectivity index (χ0n) is 11.2. The number of para-hydroxylation sites is 1. The highest BCUT2D eigenvalue weighted by atomic mass is 15.3. The van der Waals surface area contributed by atoms with Crippen LogP contribution in [0.4, 0.5) is 5.82 Å². The van der Waals surface area contributed by atoms with Crippen molar-refractivity contribution in [2.45, 2.75) is 20.4 Å². The summed E-state index contributed by atoms with van der Waals surface area (Å²) < 4.78 is 1.99. The van der Waals surface area contributed by atoms with E-state index >= 15 is 0 Å². The molecular weight excluding hydrogens is 234 g/mol. The van der Waals surface area contributed by atoms with Crippen molar-refractivity contribution in [3.8, 4) is 0 Å². The number of hydrogen-bond acceptors (Lipinski definition) is 2. The number of fused-ring (bicyclic) bond motifs is 1. The van der Waals surface area contributed by atoms with E-state index in [-0.39, 0.29) is 0 Å². The van der Waals surface area contributed by atoms with Gasteiger partial charge in [0.15, 0.2) is 5.82 Å². The second kappa shape index (κ2) is 4.43. The Morgan fingerprint density at radius 1 is 1.00 bits per heavy atom. The van der Waals surface area contributed by atoms with Crippen molar-refractivity contribution in [3.63, 3.8) is 0 Å². The molecule has 0 saturated carbocycles. The molecule has 3 heteroatoms. The first-order valence-corrected chi connectivity index (χ1v) is 6.43. The maximum absolute atomic E-state index is 5.97. The van der Waals surface area contributed by atoms with Crippen LogP contribution in [0.1, 0.15) is 16.7 Å². The number of nitrogens with zero attached hydrogens (tertiary/aromatic N) is 2. The molecule has 0 aliphatic carbocycles. The van der Waals surface area contributed by atoms with Gasteiger partial charge in [0.1, 0.15) is 0 Å². The zero-order chi connectivity index (χ0) is 13.4. The van der Waals surface area contributed by atoms with Gasteiger partial charge in [-0.15, -0.1) is 0 Å². The molecule has 2 aromatic carbocycles. The highest BCUT2D eigenvalue weighted by Gasteiger charge is 2.09. The molecule has 1 heterocycles. The average molecular weight is 251 g/mol. The van der Waals surface area contributed by atoms with Gasteiger partial charge in [0.25, 0.3) is 0 Å². The van der Waals surface area contributed by atoms with Gasteiger partial charge in [-0.1, -0.05) is 30.3 Å². The van der Waals surface area contributed by atoms with Crippen molar-refractivity contribution in [2.24, 2.45) is 0 Å². The van der Waals surface area contributed by atoms with Crippen molar-refractivity contribution >= 4 is 16.7 Å². The molecule has 0 spiro atoms. The van der Waals surface area contributed by atoms with Crippen LogP contribution >= 0.6 is 0 Å². The van der Waals surface area contributed by atoms with E-state index in [4.69, 9.17) is 5.73 Å². The average Bonchev–Trinajstić information content (AvgIpc) is 2.72.